The van der Waals surface area contributed by atoms with Crippen LogP contribution in [-0.2, 0) is 0 Å². The molecule has 2 aromatic carbocycles. The fraction of sp³-hybridized carbons (Fsp3) is 0.0625. The van der Waals surface area contributed by atoms with Gasteiger partial charge in [-0.15, -0.1) is 0 Å². The molecule has 0 spiro atoms. The number of methoxy groups -OCH3 is 1. The van der Waals surface area contributed by atoms with Gasteiger partial charge in [0.25, 0.3) is 0 Å². The van der Waals surface area contributed by atoms with Crippen molar-refractivity contribution in [2.75, 3.05) is 7.11 Å². The maximum atomic E-state index is 12.6. The maximum absolute atomic E-state index is 12.6. The second-order valence-corrected chi connectivity index (χ2v) is 6.19. The number of rotatable bonds is 3. The van der Waals surface area contributed by atoms with Crippen molar-refractivity contribution in [2.45, 2.75) is 0 Å². The molecule has 0 atom stereocenters. The average Bonchev–Trinajstić information content (AvgIpc) is 2.96. The van der Waals surface area contributed by atoms with Gasteiger partial charge in [0.2, 0.25) is 0 Å². The first-order valence-corrected chi connectivity index (χ1v) is 7.88. The van der Waals surface area contributed by atoms with Crippen LogP contribution in [0.5, 0.6) is 11.5 Å². The minimum atomic E-state index is -0.185. The number of benzene rings is 2. The van der Waals surface area contributed by atoms with Crippen molar-refractivity contribution in [1.82, 2.24) is 0 Å². The van der Waals surface area contributed by atoms with E-state index < -0.39 is 0 Å². The monoisotopic (exact) mass is 424 g/mol. The van der Waals surface area contributed by atoms with Gasteiger partial charge < -0.3 is 14.3 Å². The molecule has 0 radical (unpaired) electrons. The molecule has 0 aliphatic heterocycles. The third-order valence-electron chi connectivity index (χ3n) is 3.32. The highest BCUT2D eigenvalue weighted by atomic mass is 79.9. The summed E-state index contributed by atoms with van der Waals surface area (Å²) in [4.78, 5) is 12.6. The van der Waals surface area contributed by atoms with Crippen LogP contribution >= 0.6 is 31.9 Å². The van der Waals surface area contributed by atoms with Crippen LogP contribution in [0.2, 0.25) is 0 Å². The van der Waals surface area contributed by atoms with Crippen molar-refractivity contribution >= 4 is 48.6 Å². The van der Waals surface area contributed by atoms with E-state index in [1.165, 1.54) is 12.3 Å². The van der Waals surface area contributed by atoms with E-state index in [0.29, 0.717) is 36.8 Å². The first kappa shape index (κ1) is 15.1. The third-order valence-corrected chi connectivity index (χ3v) is 5.42. The molecule has 4 nitrogen and oxygen atoms in total. The van der Waals surface area contributed by atoms with Gasteiger partial charge in [-0.25, -0.2) is 0 Å². The molecule has 6 heteroatoms. The normalized spacial score (nSPS) is 10.9. The summed E-state index contributed by atoms with van der Waals surface area (Å²) in [6.45, 7) is 0. The number of furan rings is 1. The second kappa shape index (κ2) is 5.78. The Balaban J connectivity index is 2.11. The summed E-state index contributed by atoms with van der Waals surface area (Å²) in [5.74, 6) is 0.525. The second-order valence-electron chi connectivity index (χ2n) is 4.61. The highest BCUT2D eigenvalue weighted by Crippen LogP contribution is 2.40. The van der Waals surface area contributed by atoms with Crippen LogP contribution < -0.4 is 4.74 Å². The van der Waals surface area contributed by atoms with Gasteiger partial charge >= 0.3 is 0 Å². The Morgan fingerprint density at radius 1 is 1.18 bits per heavy atom. The number of carbonyl (C=O) groups excluding carboxylic acids is 1. The lowest BCUT2D eigenvalue weighted by Crippen LogP contribution is -2.00. The molecular weight excluding hydrogens is 416 g/mol. The zero-order valence-electron chi connectivity index (χ0n) is 11.4. The minimum absolute atomic E-state index is 0.0320. The van der Waals surface area contributed by atoms with E-state index in [1.807, 2.05) is 0 Å². The summed E-state index contributed by atoms with van der Waals surface area (Å²) in [5, 5.41) is 10.5. The van der Waals surface area contributed by atoms with Crippen molar-refractivity contribution in [1.29, 1.82) is 0 Å². The van der Waals surface area contributed by atoms with E-state index in [-0.39, 0.29) is 11.5 Å². The summed E-state index contributed by atoms with van der Waals surface area (Å²) in [7, 11) is 1.57. The van der Waals surface area contributed by atoms with E-state index >= 15 is 0 Å². The van der Waals surface area contributed by atoms with Gasteiger partial charge in [-0.2, -0.15) is 0 Å². The predicted molar refractivity (Wildman–Crippen MR) is 89.7 cm³/mol. The molecule has 0 aliphatic carbocycles. The van der Waals surface area contributed by atoms with Gasteiger partial charge in [-0.1, -0.05) is 0 Å². The highest BCUT2D eigenvalue weighted by molar-refractivity contribution is 9.13. The molecule has 0 unspecified atom stereocenters. The van der Waals surface area contributed by atoms with Gasteiger partial charge in [0.15, 0.2) is 5.78 Å². The SMILES string of the molecule is COc1ccc(C(=O)c2coc3c(Br)c(Br)c(O)cc23)cc1. The standard InChI is InChI=1S/C16H10Br2O4/c1-21-9-4-2-8(3-5-9)15(20)11-7-22-16-10(11)6-12(19)13(17)14(16)18/h2-7,19H,1H3. The van der Waals surface area contributed by atoms with Crippen molar-refractivity contribution in [3.63, 3.8) is 0 Å². The molecule has 1 heterocycles. The van der Waals surface area contributed by atoms with E-state index in [2.05, 4.69) is 31.9 Å². The van der Waals surface area contributed by atoms with Gasteiger partial charge in [-0.3, -0.25) is 4.79 Å². The van der Waals surface area contributed by atoms with Crippen LogP contribution in [0.25, 0.3) is 11.0 Å². The number of aromatic hydroxyl groups is 1. The lowest BCUT2D eigenvalue weighted by atomic mass is 10.0. The van der Waals surface area contributed by atoms with E-state index in [0.717, 1.165) is 0 Å². The first-order chi connectivity index (χ1) is 10.5. The van der Waals surface area contributed by atoms with Crippen molar-refractivity contribution < 1.29 is 19.1 Å². The Morgan fingerprint density at radius 3 is 2.50 bits per heavy atom. The minimum Gasteiger partial charge on any atom is -0.507 e. The summed E-state index contributed by atoms with van der Waals surface area (Å²) < 4.78 is 11.6. The molecule has 0 saturated carbocycles. The molecule has 0 amide bonds. The maximum Gasteiger partial charge on any atom is 0.196 e. The summed E-state index contributed by atoms with van der Waals surface area (Å²) in [6.07, 6.45) is 1.40. The number of halogens is 2. The number of ketones is 1. The van der Waals surface area contributed by atoms with Crippen LogP contribution in [0.3, 0.4) is 0 Å². The lowest BCUT2D eigenvalue weighted by Gasteiger charge is -2.03. The Kier molecular flexibility index (Phi) is 3.97. The Bertz CT molecular complexity index is 866. The summed E-state index contributed by atoms with van der Waals surface area (Å²) >= 11 is 6.59. The van der Waals surface area contributed by atoms with Gasteiger partial charge in [-0.05, 0) is 62.2 Å². The molecule has 3 rings (SSSR count). The van der Waals surface area contributed by atoms with Gasteiger partial charge in [0.1, 0.15) is 23.3 Å². The Labute approximate surface area is 142 Å². The number of fused-ring (bicyclic) bond motifs is 1. The zero-order valence-corrected chi connectivity index (χ0v) is 14.6. The van der Waals surface area contributed by atoms with Gasteiger partial charge in [0, 0.05) is 10.9 Å². The van der Waals surface area contributed by atoms with Crippen molar-refractivity contribution in [2.24, 2.45) is 0 Å². The molecule has 0 aliphatic rings. The van der Waals surface area contributed by atoms with Crippen LogP contribution in [0.4, 0.5) is 0 Å². The zero-order chi connectivity index (χ0) is 15.9. The fourth-order valence-electron chi connectivity index (χ4n) is 2.17. The largest absolute Gasteiger partial charge is 0.507 e. The Morgan fingerprint density at radius 2 is 1.86 bits per heavy atom. The topological polar surface area (TPSA) is 59.7 Å². The Hall–Kier alpha value is -1.79. The third kappa shape index (κ3) is 2.42. The van der Waals surface area contributed by atoms with Gasteiger partial charge in [0.05, 0.1) is 21.6 Å². The average molecular weight is 426 g/mol. The van der Waals surface area contributed by atoms with Crippen LogP contribution in [0, 0.1) is 0 Å². The molecule has 0 bridgehead atoms. The molecule has 22 heavy (non-hydrogen) atoms. The summed E-state index contributed by atoms with van der Waals surface area (Å²) in [6, 6.07) is 8.32. The molecule has 1 N–H and O–H groups in total. The number of ether oxygens (including phenoxy) is 1. The van der Waals surface area contributed by atoms with Crippen LogP contribution in [-0.4, -0.2) is 18.0 Å². The van der Waals surface area contributed by atoms with E-state index in [4.69, 9.17) is 9.15 Å². The molecule has 0 fully saturated rings. The van der Waals surface area contributed by atoms with Crippen molar-refractivity contribution in [3.05, 3.63) is 56.7 Å². The van der Waals surface area contributed by atoms with E-state index in [9.17, 15) is 9.90 Å². The predicted octanol–water partition coefficient (Wildman–Crippen LogP) is 4.90. The number of phenolic OH excluding ortho intramolecular Hbond substituents is 1. The van der Waals surface area contributed by atoms with Crippen molar-refractivity contribution in [3.8, 4) is 11.5 Å². The smallest absolute Gasteiger partial charge is 0.196 e. The fourth-order valence-corrected chi connectivity index (χ4v) is 2.97. The van der Waals surface area contributed by atoms with Crippen LogP contribution in [0.1, 0.15) is 15.9 Å². The quantitative estimate of drug-likeness (QED) is 0.606. The highest BCUT2D eigenvalue weighted by Gasteiger charge is 2.20. The number of phenols is 1. The molecule has 0 saturated heterocycles. The molecule has 1 aromatic heterocycles. The van der Waals surface area contributed by atoms with E-state index in [1.54, 1.807) is 31.4 Å². The number of hydrogen-bond donors (Lipinski definition) is 1. The lowest BCUT2D eigenvalue weighted by molar-refractivity contribution is 0.103. The first-order valence-electron chi connectivity index (χ1n) is 6.30. The number of carbonyl (C=O) groups is 1. The molecule has 112 valence electrons. The number of hydrogen-bond acceptors (Lipinski definition) is 4. The molecule has 3 aromatic rings. The summed E-state index contributed by atoms with van der Waals surface area (Å²) in [5.41, 5.74) is 1.41. The molecular formula is C16H10Br2O4. The van der Waals surface area contributed by atoms with Crippen LogP contribution in [0.15, 0.2) is 50.0 Å².